The minimum atomic E-state index is -0.708. The highest BCUT2D eigenvalue weighted by Crippen LogP contribution is 2.42. The number of nitrogen functional groups attached to an aromatic ring is 1. The minimum Gasteiger partial charge on any atom is -0.444 e. The number of nitrogens with zero attached hydrogens (tertiary/aromatic N) is 4. The number of ether oxygens (including phenoxy) is 2. The van der Waals surface area contributed by atoms with Crippen molar-refractivity contribution < 1.29 is 27.4 Å². The van der Waals surface area contributed by atoms with Gasteiger partial charge in [-0.2, -0.15) is 0 Å². The van der Waals surface area contributed by atoms with Crippen LogP contribution in [0.25, 0.3) is 21.8 Å². The maximum atomic E-state index is 16.0. The molecule has 9 nitrogen and oxygen atoms in total. The summed E-state index contributed by atoms with van der Waals surface area (Å²) in [5.74, 6) is -1.92. The lowest BCUT2D eigenvalue weighted by Crippen LogP contribution is -2.45. The van der Waals surface area contributed by atoms with Crippen molar-refractivity contribution in [3.8, 4) is 21.8 Å². The second kappa shape index (κ2) is 12.2. The predicted molar refractivity (Wildman–Crippen MR) is 155 cm³/mol. The van der Waals surface area contributed by atoms with Crippen molar-refractivity contribution in [1.82, 2.24) is 19.9 Å². The molecule has 220 valence electrons. The van der Waals surface area contributed by atoms with Gasteiger partial charge in [-0.3, -0.25) is 4.90 Å². The molecule has 0 saturated carbocycles. The van der Waals surface area contributed by atoms with Gasteiger partial charge in [0.1, 0.15) is 28.3 Å². The number of aromatic nitrogens is 3. The van der Waals surface area contributed by atoms with Crippen LogP contribution in [-0.4, -0.2) is 51.3 Å². The Bertz CT molecular complexity index is 1610. The van der Waals surface area contributed by atoms with E-state index in [1.54, 1.807) is 43.9 Å². The largest absolute Gasteiger partial charge is 0.444 e. The fourth-order valence-electron chi connectivity index (χ4n) is 4.14. The molecule has 3 N–H and O–H groups in total. The summed E-state index contributed by atoms with van der Waals surface area (Å²) in [6.45, 7) is 6.12. The first kappa shape index (κ1) is 29.6. The minimum absolute atomic E-state index is 0.0224. The van der Waals surface area contributed by atoms with E-state index < -0.39 is 35.2 Å². The topological polar surface area (TPSA) is 115 Å². The lowest BCUT2D eigenvalue weighted by molar-refractivity contribution is -0.0331. The van der Waals surface area contributed by atoms with E-state index in [0.717, 1.165) is 30.1 Å². The van der Waals surface area contributed by atoms with E-state index in [2.05, 4.69) is 14.7 Å². The summed E-state index contributed by atoms with van der Waals surface area (Å²) in [6.07, 6.45) is 0.968. The SMILES string of the molecule is CC(C)(C)OC(=O)N1CCOCC1c1nc(-c2cccc(NSc3cc(F)ccc3F)c2F)c(-c2ccnc(N)n2)s1. The normalized spacial score (nSPS) is 15.5. The van der Waals surface area contributed by atoms with Crippen LogP contribution in [0.2, 0.25) is 0 Å². The van der Waals surface area contributed by atoms with Gasteiger partial charge in [-0.25, -0.2) is 32.9 Å². The summed E-state index contributed by atoms with van der Waals surface area (Å²) in [4.78, 5) is 28.1. The van der Waals surface area contributed by atoms with Gasteiger partial charge in [0.05, 0.1) is 40.1 Å². The molecule has 3 heterocycles. The van der Waals surface area contributed by atoms with E-state index in [4.69, 9.17) is 20.2 Å². The molecule has 1 unspecified atom stereocenters. The summed E-state index contributed by atoms with van der Waals surface area (Å²) in [5, 5.41) is 0.483. The number of benzene rings is 2. The van der Waals surface area contributed by atoms with Crippen molar-refractivity contribution in [2.75, 3.05) is 30.2 Å². The summed E-state index contributed by atoms with van der Waals surface area (Å²) < 4.78 is 57.9. The Balaban J connectivity index is 1.55. The van der Waals surface area contributed by atoms with Crippen molar-refractivity contribution in [1.29, 1.82) is 0 Å². The zero-order valence-corrected chi connectivity index (χ0v) is 24.5. The van der Waals surface area contributed by atoms with Crippen LogP contribution in [-0.2, 0) is 9.47 Å². The molecule has 1 aliphatic rings. The number of rotatable bonds is 6. The van der Waals surface area contributed by atoms with Crippen molar-refractivity contribution in [3.63, 3.8) is 0 Å². The average Bonchev–Trinajstić information content (AvgIpc) is 3.38. The van der Waals surface area contributed by atoms with Crippen molar-refractivity contribution >= 4 is 41.0 Å². The standard InChI is InChI=1S/C28H27F3N6O3S2/c1-28(2,3)40-27(38)37-11-12-39-14-20(37)25-35-23(24(41-25)19-9-10-33-26(32)34-19)16-5-4-6-18(22(16)31)36-42-21-13-15(29)7-8-17(21)30/h4-10,13,20,36H,11-12,14H2,1-3H3,(H2,32,33,34). The molecule has 1 atom stereocenters. The van der Waals surface area contributed by atoms with Gasteiger partial charge in [0.25, 0.3) is 0 Å². The van der Waals surface area contributed by atoms with Crippen molar-refractivity contribution in [2.24, 2.45) is 0 Å². The van der Waals surface area contributed by atoms with E-state index in [0.29, 0.717) is 22.2 Å². The van der Waals surface area contributed by atoms with Crippen LogP contribution in [0.4, 0.5) is 29.6 Å². The van der Waals surface area contributed by atoms with Crippen LogP contribution in [0.1, 0.15) is 31.8 Å². The third-order valence-electron chi connectivity index (χ3n) is 6.01. The van der Waals surface area contributed by atoms with Crippen molar-refractivity contribution in [3.05, 3.63) is 71.1 Å². The van der Waals surface area contributed by atoms with Gasteiger partial charge in [0.2, 0.25) is 5.95 Å². The van der Waals surface area contributed by atoms with Gasteiger partial charge in [-0.1, -0.05) is 6.07 Å². The second-order valence-corrected chi connectivity index (χ2v) is 12.1. The van der Waals surface area contributed by atoms with Gasteiger partial charge < -0.3 is 19.9 Å². The monoisotopic (exact) mass is 616 g/mol. The Labute approximate surface area is 248 Å². The maximum Gasteiger partial charge on any atom is 0.411 e. The zero-order valence-electron chi connectivity index (χ0n) is 22.9. The molecule has 0 spiro atoms. The Hall–Kier alpha value is -3.88. The molecule has 5 rings (SSSR count). The van der Waals surface area contributed by atoms with Gasteiger partial charge >= 0.3 is 6.09 Å². The van der Waals surface area contributed by atoms with Gasteiger partial charge in [0, 0.05) is 18.3 Å². The summed E-state index contributed by atoms with van der Waals surface area (Å²) in [6, 6.07) is 8.67. The fourth-order valence-corrected chi connectivity index (χ4v) is 6.00. The van der Waals surface area contributed by atoms with E-state index >= 15 is 4.39 Å². The van der Waals surface area contributed by atoms with Crippen molar-refractivity contribution in [2.45, 2.75) is 37.3 Å². The maximum absolute atomic E-state index is 16.0. The first-order chi connectivity index (χ1) is 20.0. The molecule has 2 aromatic heterocycles. The number of carbonyl (C=O) groups excluding carboxylic acids is 1. The number of thiazole rings is 1. The molecule has 0 radical (unpaired) electrons. The first-order valence-corrected chi connectivity index (χ1v) is 14.5. The molecule has 0 bridgehead atoms. The Morgan fingerprint density at radius 1 is 1.19 bits per heavy atom. The highest BCUT2D eigenvalue weighted by atomic mass is 32.2. The van der Waals surface area contributed by atoms with Crippen LogP contribution >= 0.6 is 23.3 Å². The second-order valence-electron chi connectivity index (χ2n) is 10.2. The van der Waals surface area contributed by atoms with Crippen LogP contribution in [0.3, 0.4) is 0 Å². The molecule has 14 heteroatoms. The number of halogens is 3. The third kappa shape index (κ3) is 6.61. The van der Waals surface area contributed by atoms with E-state index in [-0.39, 0.29) is 40.9 Å². The van der Waals surface area contributed by atoms with Gasteiger partial charge in [-0.05, 0) is 69.1 Å². The smallest absolute Gasteiger partial charge is 0.411 e. The molecule has 42 heavy (non-hydrogen) atoms. The molecule has 1 saturated heterocycles. The first-order valence-electron chi connectivity index (χ1n) is 12.8. The highest BCUT2D eigenvalue weighted by molar-refractivity contribution is 8.00. The number of nitrogens with two attached hydrogens (primary N) is 1. The number of nitrogens with one attached hydrogen (secondary N) is 1. The number of amides is 1. The Kier molecular flexibility index (Phi) is 8.57. The van der Waals surface area contributed by atoms with Crippen LogP contribution in [0, 0.1) is 17.5 Å². The molecule has 0 aliphatic carbocycles. The quantitative estimate of drug-likeness (QED) is 0.229. The Morgan fingerprint density at radius 3 is 2.76 bits per heavy atom. The lowest BCUT2D eigenvalue weighted by atomic mass is 10.1. The fraction of sp³-hybridized carbons (Fsp3) is 0.286. The van der Waals surface area contributed by atoms with Crippen LogP contribution in [0.5, 0.6) is 0 Å². The highest BCUT2D eigenvalue weighted by Gasteiger charge is 2.35. The van der Waals surface area contributed by atoms with Gasteiger partial charge in [0.15, 0.2) is 5.82 Å². The van der Waals surface area contributed by atoms with E-state index in [9.17, 15) is 13.6 Å². The molecule has 1 amide bonds. The Morgan fingerprint density at radius 2 is 2.00 bits per heavy atom. The average molecular weight is 617 g/mol. The number of morpholine rings is 1. The summed E-state index contributed by atoms with van der Waals surface area (Å²) >= 11 is 1.96. The number of hydrogen-bond acceptors (Lipinski definition) is 10. The number of anilines is 2. The van der Waals surface area contributed by atoms with Crippen LogP contribution in [0.15, 0.2) is 53.6 Å². The molecule has 1 fully saturated rings. The molecular weight excluding hydrogens is 589 g/mol. The molecular formula is C28H27F3N6O3S2. The zero-order chi connectivity index (χ0) is 30.0. The summed E-state index contributed by atoms with van der Waals surface area (Å²) in [5.41, 5.74) is 5.96. The molecule has 4 aromatic rings. The lowest BCUT2D eigenvalue weighted by Gasteiger charge is -2.35. The number of hydrogen-bond donors (Lipinski definition) is 2. The van der Waals surface area contributed by atoms with Crippen LogP contribution < -0.4 is 10.5 Å². The van der Waals surface area contributed by atoms with Gasteiger partial charge in [-0.15, -0.1) is 11.3 Å². The molecule has 2 aromatic carbocycles. The summed E-state index contributed by atoms with van der Waals surface area (Å²) in [7, 11) is 0. The predicted octanol–water partition coefficient (Wildman–Crippen LogP) is 6.69. The molecule has 1 aliphatic heterocycles. The van der Waals surface area contributed by atoms with E-state index in [1.807, 2.05) is 0 Å². The van der Waals surface area contributed by atoms with E-state index in [1.165, 1.54) is 23.6 Å². The third-order valence-corrected chi connectivity index (χ3v) is 8.04. The number of carbonyl (C=O) groups is 1.